The van der Waals surface area contributed by atoms with E-state index in [1.807, 2.05) is 29.0 Å². The number of aromatic amines is 2. The Morgan fingerprint density at radius 1 is 1.06 bits per heavy atom. The van der Waals surface area contributed by atoms with Gasteiger partial charge in [0, 0.05) is 58.7 Å². The highest BCUT2D eigenvalue weighted by Crippen LogP contribution is 2.40. The van der Waals surface area contributed by atoms with Gasteiger partial charge in [-0.25, -0.2) is 18.7 Å². The number of rotatable bonds is 5. The summed E-state index contributed by atoms with van der Waals surface area (Å²) in [5, 5.41) is 0.833. The minimum atomic E-state index is -0.525. The fourth-order valence-electron chi connectivity index (χ4n) is 6.85. The van der Waals surface area contributed by atoms with Crippen LogP contribution in [0, 0.1) is 11.6 Å². The third-order valence-electron chi connectivity index (χ3n) is 9.57. The molecule has 10 heteroatoms. The largest absolute Gasteiger partial charge is 0.466 e. The molecule has 0 radical (unpaired) electrons. The quantitative estimate of drug-likeness (QED) is 0.180. The summed E-state index contributed by atoms with van der Waals surface area (Å²) in [6.45, 7) is 4.69. The lowest BCUT2D eigenvalue weighted by molar-refractivity contribution is -0.143. The molecule has 7 rings (SSSR count). The van der Waals surface area contributed by atoms with Crippen molar-refractivity contribution in [3.63, 3.8) is 0 Å². The topological polar surface area (TPSA) is 97.8 Å². The summed E-state index contributed by atoms with van der Waals surface area (Å²) in [4.78, 5) is 27.9. The maximum atomic E-state index is 15.7. The second kappa shape index (κ2) is 13.7. The van der Waals surface area contributed by atoms with Gasteiger partial charge in [0.2, 0.25) is 0 Å². The van der Waals surface area contributed by atoms with E-state index in [-0.39, 0.29) is 23.0 Å². The number of aryl methyl sites for hydroxylation is 2. The lowest BCUT2D eigenvalue weighted by atomic mass is 9.75. The molecule has 6 aromatic rings. The number of aromatic nitrogens is 5. The third kappa shape index (κ3) is 6.72. The molecule has 1 unspecified atom stereocenters. The Labute approximate surface area is 283 Å². The van der Waals surface area contributed by atoms with Crippen molar-refractivity contribution in [1.82, 2.24) is 24.5 Å². The molecule has 49 heavy (non-hydrogen) atoms. The second-order valence-electron chi connectivity index (χ2n) is 12.9. The Balaban J connectivity index is 1.28. The van der Waals surface area contributed by atoms with Crippen molar-refractivity contribution in [3.8, 4) is 22.9 Å². The molecular weight excluding hydrogens is 624 g/mol. The number of hydrogen-bond acceptors (Lipinski definition) is 5. The molecular formula is C39H39F2N5O3. The summed E-state index contributed by atoms with van der Waals surface area (Å²) < 4.78 is 44.5. The average Bonchev–Trinajstić information content (AvgIpc) is 3.88. The zero-order valence-electron chi connectivity index (χ0n) is 27.7. The van der Waals surface area contributed by atoms with E-state index in [1.165, 1.54) is 18.2 Å². The summed E-state index contributed by atoms with van der Waals surface area (Å²) in [7, 11) is 0. The van der Waals surface area contributed by atoms with Gasteiger partial charge in [0.05, 0.1) is 30.7 Å². The molecule has 0 saturated heterocycles. The van der Waals surface area contributed by atoms with E-state index in [4.69, 9.17) is 9.47 Å². The first kappa shape index (κ1) is 32.3. The van der Waals surface area contributed by atoms with Crippen LogP contribution in [0.2, 0.25) is 0 Å². The fourth-order valence-corrected chi connectivity index (χ4v) is 6.85. The Bertz CT molecular complexity index is 2110. The first-order valence-corrected chi connectivity index (χ1v) is 16.9. The molecule has 0 aliphatic carbocycles. The van der Waals surface area contributed by atoms with Crippen LogP contribution in [0.5, 0.6) is 11.5 Å². The highest BCUT2D eigenvalue weighted by atomic mass is 19.1. The minimum Gasteiger partial charge on any atom is -0.466 e. The van der Waals surface area contributed by atoms with E-state index in [2.05, 4.69) is 39.0 Å². The normalized spacial score (nSPS) is 16.7. The first-order chi connectivity index (χ1) is 23.8. The van der Waals surface area contributed by atoms with Crippen LogP contribution in [0.25, 0.3) is 22.3 Å². The van der Waals surface area contributed by atoms with E-state index in [1.54, 1.807) is 31.7 Å². The number of H-pyrrole nitrogens is 2. The van der Waals surface area contributed by atoms with Crippen LogP contribution in [0.15, 0.2) is 79.5 Å². The van der Waals surface area contributed by atoms with Gasteiger partial charge < -0.3 is 24.0 Å². The van der Waals surface area contributed by atoms with E-state index in [9.17, 15) is 4.79 Å². The van der Waals surface area contributed by atoms with Crippen molar-refractivity contribution < 1.29 is 23.0 Å². The Morgan fingerprint density at radius 3 is 2.84 bits per heavy atom. The van der Waals surface area contributed by atoms with Gasteiger partial charge in [0.15, 0.2) is 11.6 Å². The highest BCUT2D eigenvalue weighted by molar-refractivity contribution is 5.85. The molecule has 1 aliphatic rings. The number of halogens is 2. The maximum Gasteiger partial charge on any atom is 0.306 e. The lowest BCUT2D eigenvalue weighted by Crippen LogP contribution is -2.24. The number of nitrogens with zero attached hydrogens (tertiary/aromatic N) is 3. The van der Waals surface area contributed by atoms with Crippen molar-refractivity contribution in [1.29, 1.82) is 0 Å². The predicted octanol–water partition coefficient (Wildman–Crippen LogP) is 8.79. The number of carbonyl (C=O) groups excluding carboxylic acids is 1. The number of carbonyl (C=O) groups is 1. The van der Waals surface area contributed by atoms with Gasteiger partial charge in [-0.2, -0.15) is 0 Å². The van der Waals surface area contributed by atoms with E-state index < -0.39 is 17.0 Å². The first-order valence-electron chi connectivity index (χ1n) is 16.9. The second-order valence-corrected chi connectivity index (χ2v) is 12.9. The molecule has 8 nitrogen and oxygen atoms in total. The molecule has 1 aliphatic heterocycles. The summed E-state index contributed by atoms with van der Waals surface area (Å²) in [5.74, 6) is -0.504. The van der Waals surface area contributed by atoms with Crippen LogP contribution in [0.3, 0.4) is 0 Å². The Kier molecular flexibility index (Phi) is 9.03. The van der Waals surface area contributed by atoms with Crippen LogP contribution < -0.4 is 4.74 Å². The number of benzene rings is 3. The number of fused-ring (bicyclic) bond motifs is 10. The molecule has 0 amide bonds. The molecule has 1 atom stereocenters. The fraction of sp³-hybridized carbons (Fsp3) is 0.308. The predicted molar refractivity (Wildman–Crippen MR) is 184 cm³/mol. The minimum absolute atomic E-state index is 0.0772. The van der Waals surface area contributed by atoms with Gasteiger partial charge in [0.1, 0.15) is 17.4 Å². The van der Waals surface area contributed by atoms with Gasteiger partial charge in [-0.05, 0) is 74.9 Å². The molecule has 4 heterocycles. The summed E-state index contributed by atoms with van der Waals surface area (Å²) >= 11 is 0. The Hall–Kier alpha value is -5.25. The highest BCUT2D eigenvalue weighted by Gasteiger charge is 2.31. The number of ether oxygens (including phenoxy) is 2. The Morgan fingerprint density at radius 2 is 1.96 bits per heavy atom. The number of nitrogens with one attached hydrogen (secondary N) is 2. The van der Waals surface area contributed by atoms with Crippen LogP contribution in [-0.2, 0) is 34.3 Å². The molecule has 252 valence electrons. The monoisotopic (exact) mass is 663 g/mol. The number of imidazole rings is 2. The smallest absolute Gasteiger partial charge is 0.306 e. The van der Waals surface area contributed by atoms with Crippen LogP contribution in [0.4, 0.5) is 8.78 Å². The number of hydrogen-bond donors (Lipinski definition) is 2. The van der Waals surface area contributed by atoms with Crippen molar-refractivity contribution in [2.75, 3.05) is 6.61 Å². The third-order valence-corrected chi connectivity index (χ3v) is 9.57. The van der Waals surface area contributed by atoms with E-state index in [0.29, 0.717) is 42.9 Å². The molecule has 3 aromatic heterocycles. The summed E-state index contributed by atoms with van der Waals surface area (Å²) in [6, 6.07) is 16.0. The van der Waals surface area contributed by atoms with Crippen molar-refractivity contribution >= 4 is 16.9 Å². The molecule has 3 aromatic carbocycles. The van der Waals surface area contributed by atoms with Crippen LogP contribution >= 0.6 is 0 Å². The zero-order valence-corrected chi connectivity index (χ0v) is 27.7. The molecule has 0 saturated carbocycles. The van der Waals surface area contributed by atoms with E-state index in [0.717, 1.165) is 60.0 Å². The zero-order chi connectivity index (χ0) is 34.0. The standard InChI is InChI=1S/C39H39F2N5O3/c1-3-48-36(47)14-11-25-8-7-9-26(18-25)39(2)16-6-4-5-10-27-22-46(24-44-27)23-31-29-15-17-42-34(29)20-33(41)37(31)49-28-12-13-32(40)30(19-28)38-43-21-35(39)45-38/h7-9,12-13,15,17-22,24,42H,3-6,10-11,14,16,23H2,1-2H3,(H,43,45). The molecule has 0 fully saturated rings. The summed E-state index contributed by atoms with van der Waals surface area (Å²) in [5.41, 5.74) is 4.99. The number of esters is 1. The van der Waals surface area contributed by atoms with Gasteiger partial charge in [-0.3, -0.25) is 4.79 Å². The van der Waals surface area contributed by atoms with Crippen LogP contribution in [0.1, 0.15) is 74.0 Å². The van der Waals surface area contributed by atoms with Gasteiger partial charge in [-0.1, -0.05) is 37.1 Å². The van der Waals surface area contributed by atoms with Gasteiger partial charge >= 0.3 is 5.97 Å². The lowest BCUT2D eigenvalue weighted by Gasteiger charge is -2.30. The molecule has 6 bridgehead atoms. The molecule has 2 N–H and O–H groups in total. The van der Waals surface area contributed by atoms with Crippen molar-refractivity contribution in [2.45, 2.75) is 70.8 Å². The summed E-state index contributed by atoms with van der Waals surface area (Å²) in [6.07, 6.45) is 12.7. The van der Waals surface area contributed by atoms with Crippen molar-refractivity contribution in [3.05, 3.63) is 119 Å². The van der Waals surface area contributed by atoms with Crippen molar-refractivity contribution in [2.24, 2.45) is 0 Å². The average molecular weight is 664 g/mol. The molecule has 0 spiro atoms. The SMILES string of the molecule is CCOC(=O)CCc1cccc(C2(C)CCCCCc3cn(cn3)Cc3c(c(F)cc4[nH]ccc34)Oc3ccc(F)c(c3)-c3ncc2[nH]3)c1. The maximum absolute atomic E-state index is 15.7. The van der Waals surface area contributed by atoms with E-state index >= 15 is 8.78 Å². The van der Waals surface area contributed by atoms with Gasteiger partial charge in [0.25, 0.3) is 0 Å². The van der Waals surface area contributed by atoms with Gasteiger partial charge in [-0.15, -0.1) is 0 Å². The van der Waals surface area contributed by atoms with Crippen LogP contribution in [-0.4, -0.2) is 37.1 Å².